The highest BCUT2D eigenvalue weighted by Gasteiger charge is 2.43. The molecule has 10 N–H and O–H groups in total. The lowest BCUT2D eigenvalue weighted by Crippen LogP contribution is -2.59. The zero-order valence-electron chi connectivity index (χ0n) is 23.5. The molecule has 0 spiro atoms. The van der Waals surface area contributed by atoms with Gasteiger partial charge >= 0.3 is 0 Å². The Morgan fingerprint density at radius 3 is 2.52 bits per heavy atom. The lowest BCUT2D eigenvalue weighted by atomic mass is 9.99. The van der Waals surface area contributed by atoms with Gasteiger partial charge in [-0.25, -0.2) is 10.5 Å². The van der Waals surface area contributed by atoms with Crippen LogP contribution in [0.1, 0.15) is 51.1 Å². The molecule has 0 bridgehead atoms. The van der Waals surface area contributed by atoms with Crippen LogP contribution in [0.3, 0.4) is 0 Å². The van der Waals surface area contributed by atoms with Crippen molar-refractivity contribution in [2.24, 2.45) is 5.84 Å². The smallest absolute Gasteiger partial charge is 0.242 e. The fourth-order valence-corrected chi connectivity index (χ4v) is 4.06. The second-order valence-electron chi connectivity index (χ2n) is 9.78. The molecule has 0 saturated carbocycles. The summed E-state index contributed by atoms with van der Waals surface area (Å²) in [5, 5.41) is 54.7. The predicted molar refractivity (Wildman–Crippen MR) is 142 cm³/mol. The average molecular weight is 603 g/mol. The zero-order chi connectivity index (χ0) is 31.1. The molecular weight excluding hydrogens is 560 g/mol. The minimum absolute atomic E-state index is 0.00408. The van der Waals surface area contributed by atoms with Crippen LogP contribution in [0.25, 0.3) is 0 Å². The number of unbranched alkanes of at least 4 members (excludes halogenated alkanes) is 2. The van der Waals surface area contributed by atoms with Gasteiger partial charge in [-0.1, -0.05) is 11.6 Å². The number of nitrogens with one attached hydrogen (secondary N) is 4. The summed E-state index contributed by atoms with van der Waals surface area (Å²) in [5.74, 6) is 3.58. The largest absolute Gasteiger partial charge is 0.394 e. The molecule has 0 aliphatic carbocycles. The monoisotopic (exact) mass is 602 g/mol. The fourth-order valence-electron chi connectivity index (χ4n) is 4.06. The van der Waals surface area contributed by atoms with E-state index in [4.69, 9.17) is 15.3 Å². The Hall–Kier alpha value is -3.26. The van der Waals surface area contributed by atoms with Crippen LogP contribution in [0.4, 0.5) is 0 Å². The number of aliphatic hydroxyl groups excluding tert-OH is 4. The highest BCUT2D eigenvalue weighted by Crippen LogP contribution is 2.21. The molecule has 1 aliphatic heterocycles. The van der Waals surface area contributed by atoms with E-state index in [2.05, 4.69) is 31.7 Å². The molecular formula is C24H42N8O10. The second-order valence-corrected chi connectivity index (χ2v) is 9.78. The Kier molecular flexibility index (Phi) is 15.2. The molecule has 6 atom stereocenters. The first kappa shape index (κ1) is 34.9. The Bertz CT molecular complexity index is 1010. The van der Waals surface area contributed by atoms with E-state index in [1.54, 1.807) is 6.20 Å². The highest BCUT2D eigenvalue weighted by molar-refractivity contribution is 5.87. The third-order valence-electron chi connectivity index (χ3n) is 6.40. The van der Waals surface area contributed by atoms with Crippen LogP contribution < -0.4 is 27.2 Å². The number of hydrogen-bond acceptors (Lipinski definition) is 13. The normalized spacial score (nSPS) is 22.7. The highest BCUT2D eigenvalue weighted by atomic mass is 16.7. The van der Waals surface area contributed by atoms with Gasteiger partial charge in [0.05, 0.1) is 32.5 Å². The van der Waals surface area contributed by atoms with Gasteiger partial charge in [-0.2, -0.15) is 0 Å². The second kappa shape index (κ2) is 18.3. The topological polar surface area (TPSA) is 273 Å². The minimum atomic E-state index is -1.54. The van der Waals surface area contributed by atoms with Gasteiger partial charge in [0, 0.05) is 26.3 Å². The molecule has 18 heteroatoms. The Morgan fingerprint density at radius 2 is 1.83 bits per heavy atom. The number of hydrazine groups is 1. The van der Waals surface area contributed by atoms with Crippen molar-refractivity contribution in [3.05, 3.63) is 11.9 Å². The van der Waals surface area contributed by atoms with Crippen molar-refractivity contribution >= 4 is 23.6 Å². The molecule has 2 rings (SSSR count). The van der Waals surface area contributed by atoms with Gasteiger partial charge in [-0.05, 0) is 19.3 Å². The SMILES string of the molecule is CC(=O)NC(CCC(=O)NCc1cn(CCO[C@H]2O[C@H](CO)[C@@H](O)[C@H](O)[C@@H]2O)nn1)C(=O)NCCCCCC(=O)NN. The van der Waals surface area contributed by atoms with Gasteiger partial charge in [0.1, 0.15) is 36.2 Å². The lowest BCUT2D eigenvalue weighted by molar-refractivity contribution is -0.301. The first-order valence-electron chi connectivity index (χ1n) is 13.7. The number of rotatable bonds is 18. The Balaban J connectivity index is 1.69. The van der Waals surface area contributed by atoms with E-state index in [0.717, 1.165) is 0 Å². The van der Waals surface area contributed by atoms with Crippen LogP contribution in [-0.2, 0) is 41.7 Å². The molecule has 1 fully saturated rings. The minimum Gasteiger partial charge on any atom is -0.394 e. The maximum atomic E-state index is 12.5. The van der Waals surface area contributed by atoms with E-state index in [1.165, 1.54) is 11.6 Å². The van der Waals surface area contributed by atoms with Crippen LogP contribution in [0, 0.1) is 0 Å². The zero-order valence-corrected chi connectivity index (χ0v) is 23.5. The summed E-state index contributed by atoms with van der Waals surface area (Å²) in [5.41, 5.74) is 2.49. The number of aromatic nitrogens is 3. The number of aliphatic hydroxyl groups is 4. The first-order chi connectivity index (χ1) is 20.0. The molecule has 42 heavy (non-hydrogen) atoms. The van der Waals surface area contributed by atoms with Gasteiger partial charge in [0.25, 0.3) is 0 Å². The lowest BCUT2D eigenvalue weighted by Gasteiger charge is -2.39. The van der Waals surface area contributed by atoms with E-state index in [1.807, 2.05) is 0 Å². The molecule has 1 aromatic heterocycles. The summed E-state index contributed by atoms with van der Waals surface area (Å²) in [7, 11) is 0. The number of amides is 4. The van der Waals surface area contributed by atoms with Gasteiger partial charge in [-0.3, -0.25) is 24.6 Å². The van der Waals surface area contributed by atoms with Crippen molar-refractivity contribution in [3.8, 4) is 0 Å². The Morgan fingerprint density at radius 1 is 1.07 bits per heavy atom. The van der Waals surface area contributed by atoms with E-state index < -0.39 is 55.2 Å². The number of carbonyl (C=O) groups is 4. The Labute approximate surface area is 242 Å². The van der Waals surface area contributed by atoms with Gasteiger partial charge in [0.2, 0.25) is 23.6 Å². The standard InChI is InChI=1S/C24H42N8O10/c1-14(34)28-16(23(40)26-8-4-2-3-5-19(36)29-25)6-7-18(35)27-11-15-12-32(31-30-15)9-10-41-24-22(39)21(38)20(37)17(13-33)42-24/h12,16-17,20-22,24,33,37-39H,2-11,13,25H2,1H3,(H,26,40)(H,27,35)(H,28,34)(H,29,36)/t16?,17-,20-,21+,22+,24+/m1/s1. The van der Waals surface area contributed by atoms with Crippen molar-refractivity contribution < 1.29 is 49.1 Å². The van der Waals surface area contributed by atoms with E-state index in [9.17, 15) is 39.6 Å². The van der Waals surface area contributed by atoms with Crippen molar-refractivity contribution in [1.82, 2.24) is 36.4 Å². The van der Waals surface area contributed by atoms with Crippen LogP contribution in [0.5, 0.6) is 0 Å². The molecule has 2 heterocycles. The van der Waals surface area contributed by atoms with E-state index >= 15 is 0 Å². The predicted octanol–water partition coefficient (Wildman–Crippen LogP) is -4.34. The number of ether oxygens (including phenoxy) is 2. The van der Waals surface area contributed by atoms with Gasteiger partial charge in [-0.15, -0.1) is 5.10 Å². The third-order valence-corrected chi connectivity index (χ3v) is 6.40. The summed E-state index contributed by atoms with van der Waals surface area (Å²) in [4.78, 5) is 47.5. The number of nitrogens with two attached hydrogens (primary N) is 1. The van der Waals surface area contributed by atoms with E-state index in [-0.39, 0.29) is 44.4 Å². The van der Waals surface area contributed by atoms with Crippen LogP contribution in [-0.4, -0.2) is 116 Å². The van der Waals surface area contributed by atoms with Crippen molar-refractivity contribution in [2.75, 3.05) is 19.8 Å². The summed E-state index contributed by atoms with van der Waals surface area (Å²) in [6.45, 7) is 1.31. The fraction of sp³-hybridized carbons (Fsp3) is 0.750. The van der Waals surface area contributed by atoms with E-state index in [0.29, 0.717) is 37.9 Å². The maximum Gasteiger partial charge on any atom is 0.242 e. The molecule has 1 aliphatic rings. The average Bonchev–Trinajstić information content (AvgIpc) is 3.43. The maximum absolute atomic E-state index is 12.5. The van der Waals surface area contributed by atoms with Crippen LogP contribution in [0.15, 0.2) is 6.20 Å². The number of hydrogen-bond donors (Lipinski definition) is 9. The molecule has 0 aromatic carbocycles. The molecule has 0 radical (unpaired) electrons. The van der Waals surface area contributed by atoms with Crippen molar-refractivity contribution in [2.45, 2.75) is 95.3 Å². The first-order valence-corrected chi connectivity index (χ1v) is 13.7. The van der Waals surface area contributed by atoms with Crippen LogP contribution in [0.2, 0.25) is 0 Å². The molecule has 238 valence electrons. The van der Waals surface area contributed by atoms with Crippen LogP contribution >= 0.6 is 0 Å². The molecule has 1 saturated heterocycles. The molecule has 1 unspecified atom stereocenters. The summed E-state index contributed by atoms with van der Waals surface area (Å²) >= 11 is 0. The third kappa shape index (κ3) is 11.9. The van der Waals surface area contributed by atoms with Crippen molar-refractivity contribution in [3.63, 3.8) is 0 Å². The molecule has 4 amide bonds. The van der Waals surface area contributed by atoms with Gasteiger partial charge < -0.3 is 45.9 Å². The van der Waals surface area contributed by atoms with Gasteiger partial charge in [0.15, 0.2) is 6.29 Å². The summed E-state index contributed by atoms with van der Waals surface area (Å²) in [6.07, 6.45) is -3.00. The molecule has 18 nitrogen and oxygen atoms in total. The quantitative estimate of drug-likeness (QED) is 0.0333. The summed E-state index contributed by atoms with van der Waals surface area (Å²) < 4.78 is 12.1. The molecule has 1 aromatic rings. The number of carbonyl (C=O) groups excluding carboxylic acids is 4. The number of nitrogens with zero attached hydrogens (tertiary/aromatic N) is 3. The summed E-state index contributed by atoms with van der Waals surface area (Å²) in [6, 6.07) is -0.888. The van der Waals surface area contributed by atoms with Crippen molar-refractivity contribution in [1.29, 1.82) is 0 Å².